The van der Waals surface area contributed by atoms with Crippen LogP contribution in [0.15, 0.2) is 4.73 Å². The van der Waals surface area contributed by atoms with Crippen molar-refractivity contribution in [3.8, 4) is 6.07 Å². The van der Waals surface area contributed by atoms with Crippen molar-refractivity contribution in [1.82, 2.24) is 9.55 Å². The zero-order valence-corrected chi connectivity index (χ0v) is 8.15. The average Bonchev–Trinajstić information content (AvgIpc) is 2.24. The van der Waals surface area contributed by atoms with E-state index in [-0.39, 0.29) is 5.15 Å². The molecule has 0 aromatic carbocycles. The fourth-order valence-corrected chi connectivity index (χ4v) is 1.72. The van der Waals surface area contributed by atoms with Gasteiger partial charge in [-0.15, -0.1) is 0 Å². The first-order valence-corrected chi connectivity index (χ1v) is 4.19. The Morgan fingerprint density at radius 3 is 2.82 bits per heavy atom. The normalized spacial score (nSPS) is 9.64. The number of rotatable bonds is 1. The van der Waals surface area contributed by atoms with Gasteiger partial charge in [0.05, 0.1) is 0 Å². The minimum Gasteiger partial charge on any atom is -0.309 e. The zero-order chi connectivity index (χ0) is 8.43. The van der Waals surface area contributed by atoms with Crippen LogP contribution in [0.5, 0.6) is 0 Å². The molecular formula is C6H5BrClN3. The summed E-state index contributed by atoms with van der Waals surface area (Å²) in [4.78, 5) is 3.88. The molecule has 58 valence electrons. The lowest BCUT2D eigenvalue weighted by Crippen LogP contribution is -1.97. The van der Waals surface area contributed by atoms with Gasteiger partial charge in [0.1, 0.15) is 6.07 Å². The van der Waals surface area contributed by atoms with Gasteiger partial charge in [0.25, 0.3) is 0 Å². The van der Waals surface area contributed by atoms with E-state index in [1.807, 2.05) is 13.0 Å². The van der Waals surface area contributed by atoms with Crippen LogP contribution < -0.4 is 0 Å². The quantitative estimate of drug-likeness (QED) is 0.747. The number of aromatic nitrogens is 2. The lowest BCUT2D eigenvalue weighted by molar-refractivity contribution is 0.731. The van der Waals surface area contributed by atoms with Gasteiger partial charge in [-0.2, -0.15) is 5.26 Å². The largest absolute Gasteiger partial charge is 0.309 e. The molecule has 0 bridgehead atoms. The van der Waals surface area contributed by atoms with Crippen molar-refractivity contribution in [1.29, 1.82) is 5.26 Å². The molecule has 1 aromatic rings. The standard InChI is InChI=1S/C6H5BrClN3/c1-2-11-4(3-9)5(8)10-6(11)7/h2H2,1H3. The molecule has 0 unspecified atom stereocenters. The third kappa shape index (κ3) is 1.39. The van der Waals surface area contributed by atoms with Gasteiger partial charge in [0.15, 0.2) is 15.6 Å². The highest BCUT2D eigenvalue weighted by atomic mass is 79.9. The molecule has 0 aliphatic carbocycles. The summed E-state index contributed by atoms with van der Waals surface area (Å²) in [6.07, 6.45) is 0. The minimum atomic E-state index is 0.251. The summed E-state index contributed by atoms with van der Waals surface area (Å²) in [5.74, 6) is 0. The maximum absolute atomic E-state index is 8.63. The molecule has 3 nitrogen and oxygen atoms in total. The molecule has 1 heterocycles. The van der Waals surface area contributed by atoms with E-state index in [4.69, 9.17) is 16.9 Å². The van der Waals surface area contributed by atoms with Gasteiger partial charge >= 0.3 is 0 Å². The van der Waals surface area contributed by atoms with E-state index in [2.05, 4.69) is 20.9 Å². The molecule has 0 amide bonds. The molecule has 0 spiro atoms. The first-order valence-electron chi connectivity index (χ1n) is 3.02. The Morgan fingerprint density at radius 2 is 2.45 bits per heavy atom. The van der Waals surface area contributed by atoms with Crippen molar-refractivity contribution in [2.24, 2.45) is 0 Å². The summed E-state index contributed by atoms with van der Waals surface area (Å²) in [5, 5.41) is 8.88. The van der Waals surface area contributed by atoms with E-state index in [0.717, 1.165) is 0 Å². The van der Waals surface area contributed by atoms with Gasteiger partial charge in [-0.3, -0.25) is 0 Å². The molecule has 0 fully saturated rings. The number of nitrogens with zero attached hydrogens (tertiary/aromatic N) is 3. The number of halogens is 2. The maximum atomic E-state index is 8.63. The van der Waals surface area contributed by atoms with Gasteiger partial charge in [-0.1, -0.05) is 11.6 Å². The number of hydrogen-bond donors (Lipinski definition) is 0. The van der Waals surface area contributed by atoms with Crippen molar-refractivity contribution < 1.29 is 0 Å². The van der Waals surface area contributed by atoms with Crippen LogP contribution in [0.1, 0.15) is 12.6 Å². The van der Waals surface area contributed by atoms with Crippen LogP contribution in [0.3, 0.4) is 0 Å². The Labute approximate surface area is 77.7 Å². The Balaban J connectivity index is 3.31. The van der Waals surface area contributed by atoms with E-state index in [0.29, 0.717) is 17.0 Å². The molecule has 5 heteroatoms. The highest BCUT2D eigenvalue weighted by molar-refractivity contribution is 9.10. The van der Waals surface area contributed by atoms with Crippen molar-refractivity contribution in [2.45, 2.75) is 13.5 Å². The van der Waals surface area contributed by atoms with Crippen LogP contribution in [0.4, 0.5) is 0 Å². The van der Waals surface area contributed by atoms with E-state index < -0.39 is 0 Å². The monoisotopic (exact) mass is 233 g/mol. The Bertz CT molecular complexity index is 312. The topological polar surface area (TPSA) is 41.6 Å². The van der Waals surface area contributed by atoms with E-state index in [9.17, 15) is 0 Å². The van der Waals surface area contributed by atoms with Crippen molar-refractivity contribution in [3.63, 3.8) is 0 Å². The van der Waals surface area contributed by atoms with E-state index in [1.54, 1.807) is 4.57 Å². The molecular weight excluding hydrogens is 229 g/mol. The molecule has 0 N–H and O–H groups in total. The van der Waals surface area contributed by atoms with Crippen LogP contribution in [0, 0.1) is 11.3 Å². The lowest BCUT2D eigenvalue weighted by Gasteiger charge is -1.97. The van der Waals surface area contributed by atoms with Crippen LogP contribution in [-0.2, 0) is 6.54 Å². The molecule has 0 saturated carbocycles. The van der Waals surface area contributed by atoms with Gasteiger partial charge in [-0.25, -0.2) is 4.98 Å². The summed E-state index contributed by atoms with van der Waals surface area (Å²) >= 11 is 8.83. The predicted molar refractivity (Wildman–Crippen MR) is 45.3 cm³/mol. The van der Waals surface area contributed by atoms with Gasteiger partial charge in [0.2, 0.25) is 0 Å². The second-order valence-electron chi connectivity index (χ2n) is 1.88. The van der Waals surface area contributed by atoms with Crippen molar-refractivity contribution >= 4 is 27.5 Å². The first kappa shape index (κ1) is 8.57. The predicted octanol–water partition coefficient (Wildman–Crippen LogP) is 2.19. The summed E-state index contributed by atoms with van der Waals surface area (Å²) in [5.41, 5.74) is 0.404. The van der Waals surface area contributed by atoms with Gasteiger partial charge in [-0.05, 0) is 22.9 Å². The molecule has 0 saturated heterocycles. The Hall–Kier alpha value is -0.530. The highest BCUT2D eigenvalue weighted by Crippen LogP contribution is 2.19. The highest BCUT2D eigenvalue weighted by Gasteiger charge is 2.11. The fourth-order valence-electron chi connectivity index (χ4n) is 0.793. The number of hydrogen-bond acceptors (Lipinski definition) is 2. The van der Waals surface area contributed by atoms with E-state index >= 15 is 0 Å². The second-order valence-corrected chi connectivity index (χ2v) is 2.94. The van der Waals surface area contributed by atoms with Crippen molar-refractivity contribution in [2.75, 3.05) is 0 Å². The second kappa shape index (κ2) is 3.24. The number of nitriles is 1. The maximum Gasteiger partial charge on any atom is 0.179 e. The SMILES string of the molecule is CCn1c(Br)nc(Cl)c1C#N. The third-order valence-electron chi connectivity index (χ3n) is 1.30. The molecule has 0 aliphatic rings. The number of imidazole rings is 1. The summed E-state index contributed by atoms with van der Waals surface area (Å²) < 4.78 is 2.30. The minimum absolute atomic E-state index is 0.251. The average molecular weight is 234 g/mol. The van der Waals surface area contributed by atoms with Crippen LogP contribution in [-0.4, -0.2) is 9.55 Å². The summed E-state index contributed by atoms with van der Waals surface area (Å²) in [7, 11) is 0. The van der Waals surface area contributed by atoms with Gasteiger partial charge < -0.3 is 4.57 Å². The summed E-state index contributed by atoms with van der Waals surface area (Å²) in [6.45, 7) is 2.60. The smallest absolute Gasteiger partial charge is 0.179 e. The van der Waals surface area contributed by atoms with Gasteiger partial charge in [0, 0.05) is 6.54 Å². The lowest BCUT2D eigenvalue weighted by atomic mass is 10.5. The fraction of sp³-hybridized carbons (Fsp3) is 0.333. The van der Waals surface area contributed by atoms with Crippen LogP contribution in [0.25, 0.3) is 0 Å². The van der Waals surface area contributed by atoms with Crippen molar-refractivity contribution in [3.05, 3.63) is 15.6 Å². The third-order valence-corrected chi connectivity index (χ3v) is 2.17. The molecule has 0 radical (unpaired) electrons. The first-order chi connectivity index (χ1) is 5.20. The molecule has 11 heavy (non-hydrogen) atoms. The molecule has 0 aliphatic heterocycles. The van der Waals surface area contributed by atoms with E-state index in [1.165, 1.54) is 0 Å². The molecule has 1 aromatic heterocycles. The van der Waals surface area contributed by atoms with Crippen LogP contribution in [0.2, 0.25) is 5.15 Å². The Morgan fingerprint density at radius 1 is 1.82 bits per heavy atom. The Kier molecular flexibility index (Phi) is 2.53. The van der Waals surface area contributed by atoms with Crippen LogP contribution >= 0.6 is 27.5 Å². The summed E-state index contributed by atoms with van der Waals surface area (Å²) in [6, 6.07) is 1.97. The molecule has 1 rings (SSSR count). The molecule has 0 atom stereocenters. The zero-order valence-electron chi connectivity index (χ0n) is 5.80.